The summed E-state index contributed by atoms with van der Waals surface area (Å²) in [6.07, 6.45) is 5.08. The summed E-state index contributed by atoms with van der Waals surface area (Å²) < 4.78 is 13.3. The fourth-order valence-corrected chi connectivity index (χ4v) is 3.45. The SMILES string of the molecule is O=C(c1cncc(Nc2ccc(F)c(Cl)c2)c1)N1CCCc2ccccc21. The maximum Gasteiger partial charge on any atom is 0.259 e. The average molecular weight is 382 g/mol. The maximum atomic E-state index is 13.3. The molecule has 0 saturated heterocycles. The van der Waals surface area contributed by atoms with Crippen molar-refractivity contribution < 1.29 is 9.18 Å². The van der Waals surface area contributed by atoms with Crippen LogP contribution in [-0.4, -0.2) is 17.4 Å². The van der Waals surface area contributed by atoms with E-state index in [4.69, 9.17) is 11.6 Å². The summed E-state index contributed by atoms with van der Waals surface area (Å²) >= 11 is 5.82. The molecule has 4 rings (SSSR count). The van der Waals surface area contributed by atoms with E-state index in [0.717, 1.165) is 18.5 Å². The number of hydrogen-bond acceptors (Lipinski definition) is 3. The lowest BCUT2D eigenvalue weighted by Crippen LogP contribution is -2.35. The van der Waals surface area contributed by atoms with Crippen molar-refractivity contribution in [2.75, 3.05) is 16.8 Å². The summed E-state index contributed by atoms with van der Waals surface area (Å²) in [5.74, 6) is -0.566. The molecule has 0 bridgehead atoms. The Balaban J connectivity index is 1.59. The van der Waals surface area contributed by atoms with Gasteiger partial charge in [-0.25, -0.2) is 4.39 Å². The van der Waals surface area contributed by atoms with Gasteiger partial charge in [-0.05, 0) is 48.7 Å². The van der Waals surface area contributed by atoms with Gasteiger partial charge >= 0.3 is 0 Å². The molecule has 6 heteroatoms. The van der Waals surface area contributed by atoms with Crippen LogP contribution in [0.1, 0.15) is 22.3 Å². The van der Waals surface area contributed by atoms with Crippen molar-refractivity contribution in [3.63, 3.8) is 0 Å². The molecular weight excluding hydrogens is 365 g/mol. The van der Waals surface area contributed by atoms with Crippen LogP contribution in [-0.2, 0) is 6.42 Å². The number of anilines is 3. The van der Waals surface area contributed by atoms with Crippen molar-refractivity contribution in [3.8, 4) is 0 Å². The predicted octanol–water partition coefficient (Wildman–Crippen LogP) is 5.21. The highest BCUT2D eigenvalue weighted by molar-refractivity contribution is 6.31. The van der Waals surface area contributed by atoms with Gasteiger partial charge in [0.1, 0.15) is 5.82 Å². The molecule has 0 atom stereocenters. The van der Waals surface area contributed by atoms with Crippen LogP contribution in [0.25, 0.3) is 0 Å². The van der Waals surface area contributed by atoms with Crippen LogP contribution in [0.3, 0.4) is 0 Å². The third kappa shape index (κ3) is 3.64. The van der Waals surface area contributed by atoms with Crippen molar-refractivity contribution in [2.24, 2.45) is 0 Å². The van der Waals surface area contributed by atoms with Gasteiger partial charge in [0.25, 0.3) is 5.91 Å². The highest BCUT2D eigenvalue weighted by Crippen LogP contribution is 2.29. The number of hydrogen-bond donors (Lipinski definition) is 1. The molecule has 1 aliphatic heterocycles. The summed E-state index contributed by atoms with van der Waals surface area (Å²) in [6, 6.07) is 14.1. The van der Waals surface area contributed by atoms with Crippen molar-refractivity contribution in [1.82, 2.24) is 4.98 Å². The summed E-state index contributed by atoms with van der Waals surface area (Å²) in [4.78, 5) is 19.0. The molecule has 0 radical (unpaired) electrons. The Morgan fingerprint density at radius 3 is 2.81 bits per heavy atom. The number of carbonyl (C=O) groups is 1. The molecule has 1 amide bonds. The number of para-hydroxylation sites is 1. The smallest absolute Gasteiger partial charge is 0.259 e. The highest BCUT2D eigenvalue weighted by Gasteiger charge is 2.23. The van der Waals surface area contributed by atoms with E-state index in [1.54, 1.807) is 29.4 Å². The van der Waals surface area contributed by atoms with Gasteiger partial charge in [0.2, 0.25) is 0 Å². The van der Waals surface area contributed by atoms with Gasteiger partial charge in [-0.1, -0.05) is 29.8 Å². The van der Waals surface area contributed by atoms with Crippen LogP contribution in [0.2, 0.25) is 5.02 Å². The highest BCUT2D eigenvalue weighted by atomic mass is 35.5. The van der Waals surface area contributed by atoms with E-state index in [1.807, 2.05) is 18.2 Å². The number of amides is 1. The second-order valence-corrected chi connectivity index (χ2v) is 6.81. The van der Waals surface area contributed by atoms with Gasteiger partial charge in [0.15, 0.2) is 0 Å². The lowest BCUT2D eigenvalue weighted by Gasteiger charge is -2.29. The number of pyridine rings is 1. The number of rotatable bonds is 3. The second kappa shape index (κ2) is 7.37. The molecule has 27 heavy (non-hydrogen) atoms. The molecule has 4 nitrogen and oxygen atoms in total. The fraction of sp³-hybridized carbons (Fsp3) is 0.143. The van der Waals surface area contributed by atoms with E-state index >= 15 is 0 Å². The predicted molar refractivity (Wildman–Crippen MR) is 105 cm³/mol. The van der Waals surface area contributed by atoms with E-state index in [2.05, 4.69) is 16.4 Å². The van der Waals surface area contributed by atoms with Crippen LogP contribution in [0.4, 0.5) is 21.5 Å². The van der Waals surface area contributed by atoms with Crippen LogP contribution in [0.15, 0.2) is 60.9 Å². The van der Waals surface area contributed by atoms with Crippen LogP contribution >= 0.6 is 11.6 Å². The molecule has 0 spiro atoms. The van der Waals surface area contributed by atoms with E-state index in [1.165, 1.54) is 17.7 Å². The molecular formula is C21H17ClFN3O. The van der Waals surface area contributed by atoms with Crippen molar-refractivity contribution in [2.45, 2.75) is 12.8 Å². The Kier molecular flexibility index (Phi) is 4.77. The normalized spacial score (nSPS) is 13.2. The largest absolute Gasteiger partial charge is 0.354 e. The second-order valence-electron chi connectivity index (χ2n) is 6.41. The monoisotopic (exact) mass is 381 g/mol. The minimum atomic E-state index is -0.479. The molecule has 0 unspecified atom stereocenters. The van der Waals surface area contributed by atoms with Crippen molar-refractivity contribution >= 4 is 34.6 Å². The first-order chi connectivity index (χ1) is 13.1. The Hall–Kier alpha value is -2.92. The molecule has 0 aliphatic carbocycles. The van der Waals surface area contributed by atoms with Crippen molar-refractivity contribution in [1.29, 1.82) is 0 Å². The van der Waals surface area contributed by atoms with Gasteiger partial charge in [0.05, 0.1) is 22.5 Å². The Morgan fingerprint density at radius 1 is 1.11 bits per heavy atom. The van der Waals surface area contributed by atoms with E-state index in [0.29, 0.717) is 23.5 Å². The molecule has 1 aliphatic rings. The zero-order valence-corrected chi connectivity index (χ0v) is 15.2. The zero-order valence-electron chi connectivity index (χ0n) is 14.5. The average Bonchev–Trinajstić information content (AvgIpc) is 2.70. The topological polar surface area (TPSA) is 45.2 Å². The molecule has 0 fully saturated rings. The number of aryl methyl sites for hydroxylation is 1. The van der Waals surface area contributed by atoms with E-state index < -0.39 is 5.82 Å². The molecule has 0 saturated carbocycles. The summed E-state index contributed by atoms with van der Waals surface area (Å²) in [6.45, 7) is 0.682. The van der Waals surface area contributed by atoms with Gasteiger partial charge in [-0.15, -0.1) is 0 Å². The number of fused-ring (bicyclic) bond motifs is 1. The maximum absolute atomic E-state index is 13.3. The molecule has 1 N–H and O–H groups in total. The van der Waals surface area contributed by atoms with Crippen LogP contribution in [0, 0.1) is 5.82 Å². The van der Waals surface area contributed by atoms with E-state index in [-0.39, 0.29) is 10.9 Å². The first kappa shape index (κ1) is 17.5. The zero-order chi connectivity index (χ0) is 18.8. The first-order valence-corrected chi connectivity index (χ1v) is 9.06. The van der Waals surface area contributed by atoms with Crippen molar-refractivity contribution in [3.05, 3.63) is 82.9 Å². The summed E-state index contributed by atoms with van der Waals surface area (Å²) in [7, 11) is 0. The minimum Gasteiger partial charge on any atom is -0.354 e. The lowest BCUT2D eigenvalue weighted by atomic mass is 10.0. The molecule has 3 aromatic rings. The van der Waals surface area contributed by atoms with Gasteiger partial charge in [-0.2, -0.15) is 0 Å². The van der Waals surface area contributed by atoms with E-state index in [9.17, 15) is 9.18 Å². The number of nitrogens with zero attached hydrogens (tertiary/aromatic N) is 2. The Morgan fingerprint density at radius 2 is 1.96 bits per heavy atom. The number of aromatic nitrogens is 1. The van der Waals surface area contributed by atoms with Crippen LogP contribution < -0.4 is 10.2 Å². The lowest BCUT2D eigenvalue weighted by molar-refractivity contribution is 0.0985. The minimum absolute atomic E-state index is 0.0325. The first-order valence-electron chi connectivity index (χ1n) is 8.69. The Bertz CT molecular complexity index is 1010. The quantitative estimate of drug-likeness (QED) is 0.677. The van der Waals surface area contributed by atoms with Crippen LogP contribution in [0.5, 0.6) is 0 Å². The van der Waals surface area contributed by atoms with Gasteiger partial charge in [0, 0.05) is 24.1 Å². The third-order valence-corrected chi connectivity index (χ3v) is 4.84. The number of nitrogens with one attached hydrogen (secondary N) is 1. The number of benzene rings is 2. The summed E-state index contributed by atoms with van der Waals surface area (Å²) in [5.41, 5.74) is 3.88. The number of carbonyl (C=O) groups excluding carboxylic acids is 1. The third-order valence-electron chi connectivity index (χ3n) is 4.55. The Labute approximate surface area is 161 Å². The summed E-state index contributed by atoms with van der Waals surface area (Å²) in [5, 5.41) is 3.14. The molecule has 136 valence electrons. The van der Waals surface area contributed by atoms with Gasteiger partial charge in [-0.3, -0.25) is 9.78 Å². The number of halogens is 2. The molecule has 2 aromatic carbocycles. The standard InChI is InChI=1S/C21H17ClFN3O/c22-18-11-16(7-8-19(18)23)25-17-10-15(12-24-13-17)21(27)26-9-3-5-14-4-1-2-6-20(14)26/h1-2,4,6-8,10-13,25H,3,5,9H2. The fourth-order valence-electron chi connectivity index (χ4n) is 3.27. The van der Waals surface area contributed by atoms with Gasteiger partial charge < -0.3 is 10.2 Å². The molecule has 1 aromatic heterocycles. The molecule has 2 heterocycles.